The van der Waals surface area contributed by atoms with Crippen LogP contribution in [-0.4, -0.2) is 29.9 Å². The van der Waals surface area contributed by atoms with E-state index in [1.54, 1.807) is 18.2 Å². The fourth-order valence-electron chi connectivity index (χ4n) is 3.31. The minimum atomic E-state index is -0.650. The third-order valence-electron chi connectivity index (χ3n) is 5.11. The normalized spacial score (nSPS) is 14.4. The number of aryl methyl sites for hydroxylation is 1. The van der Waals surface area contributed by atoms with E-state index in [9.17, 15) is 14.4 Å². The number of nitrogens with zero attached hydrogens (tertiary/aromatic N) is 1. The Morgan fingerprint density at radius 2 is 1.88 bits per heavy atom. The summed E-state index contributed by atoms with van der Waals surface area (Å²) in [7, 11) is 1.23. The largest absolute Gasteiger partial charge is 0.488 e. The Bertz CT molecular complexity index is 1280. The summed E-state index contributed by atoms with van der Waals surface area (Å²) < 4.78 is 15.9. The molecule has 174 valence electrons. The van der Waals surface area contributed by atoms with Gasteiger partial charge in [-0.15, -0.1) is 0 Å². The van der Waals surface area contributed by atoms with Gasteiger partial charge in [-0.05, 0) is 48.9 Å². The highest BCUT2D eigenvalue weighted by Gasteiger charge is 2.34. The summed E-state index contributed by atoms with van der Waals surface area (Å²) in [6, 6.07) is 15.3. The van der Waals surface area contributed by atoms with Gasteiger partial charge in [0.2, 0.25) is 5.76 Å². The standard InChI is InChI=1S/C25H21ClN2O6/c1-15-3-5-16(6-4-15)14-33-21-9-7-18(26)11-17(21)12-20-23(29)28(25(31)27-20)13-19-8-10-22(34-19)24(30)32-2/h3-12H,13-14H2,1-2H3,(H,27,31). The Balaban J connectivity index is 1.52. The smallest absolute Gasteiger partial charge is 0.373 e. The molecule has 0 atom stereocenters. The molecule has 9 heteroatoms. The van der Waals surface area contributed by atoms with E-state index >= 15 is 0 Å². The maximum absolute atomic E-state index is 12.9. The van der Waals surface area contributed by atoms with Crippen molar-refractivity contribution in [3.8, 4) is 5.75 Å². The van der Waals surface area contributed by atoms with Gasteiger partial charge in [0.1, 0.15) is 23.8 Å². The molecular formula is C25H21ClN2O6. The van der Waals surface area contributed by atoms with Crippen LogP contribution in [0.4, 0.5) is 4.79 Å². The number of furan rings is 1. The molecule has 34 heavy (non-hydrogen) atoms. The molecule has 3 amide bonds. The van der Waals surface area contributed by atoms with Crippen molar-refractivity contribution in [2.24, 2.45) is 0 Å². The fraction of sp³-hybridized carbons (Fsp3) is 0.160. The Hall–Kier alpha value is -4.04. The lowest BCUT2D eigenvalue weighted by molar-refractivity contribution is -0.123. The zero-order valence-electron chi connectivity index (χ0n) is 18.5. The van der Waals surface area contributed by atoms with Crippen LogP contribution < -0.4 is 10.1 Å². The van der Waals surface area contributed by atoms with Crippen LogP contribution in [0.3, 0.4) is 0 Å². The molecule has 2 aromatic carbocycles. The molecule has 2 heterocycles. The maximum atomic E-state index is 12.9. The second-order valence-electron chi connectivity index (χ2n) is 7.59. The van der Waals surface area contributed by atoms with Gasteiger partial charge in [0.15, 0.2) is 0 Å². The Kier molecular flexibility index (Phi) is 6.70. The molecule has 1 fully saturated rings. The Labute approximate surface area is 200 Å². The summed E-state index contributed by atoms with van der Waals surface area (Å²) in [4.78, 5) is 37.9. The number of esters is 1. The number of urea groups is 1. The highest BCUT2D eigenvalue weighted by molar-refractivity contribution is 6.30. The number of nitrogens with one attached hydrogen (secondary N) is 1. The summed E-state index contributed by atoms with van der Waals surface area (Å²) >= 11 is 6.16. The van der Waals surface area contributed by atoms with Gasteiger partial charge in [-0.3, -0.25) is 9.69 Å². The van der Waals surface area contributed by atoms with Gasteiger partial charge in [0.05, 0.1) is 13.7 Å². The second-order valence-corrected chi connectivity index (χ2v) is 8.03. The predicted octanol–water partition coefficient (Wildman–Crippen LogP) is 4.70. The predicted molar refractivity (Wildman–Crippen MR) is 124 cm³/mol. The molecular weight excluding hydrogens is 460 g/mol. The molecule has 0 saturated carbocycles. The minimum absolute atomic E-state index is 0.0189. The van der Waals surface area contributed by atoms with Crippen LogP contribution in [0.15, 0.2) is 64.7 Å². The molecule has 4 rings (SSSR count). The lowest BCUT2D eigenvalue weighted by Crippen LogP contribution is -2.30. The number of ether oxygens (including phenoxy) is 2. The molecule has 3 aromatic rings. The molecule has 8 nitrogen and oxygen atoms in total. The zero-order valence-corrected chi connectivity index (χ0v) is 19.2. The monoisotopic (exact) mass is 480 g/mol. The van der Waals surface area contributed by atoms with Crippen molar-refractivity contribution in [1.82, 2.24) is 10.2 Å². The van der Waals surface area contributed by atoms with Crippen molar-refractivity contribution in [3.05, 3.63) is 93.5 Å². The van der Waals surface area contributed by atoms with Crippen LogP contribution in [-0.2, 0) is 22.7 Å². The average molecular weight is 481 g/mol. The first-order chi connectivity index (χ1) is 16.3. The molecule has 0 bridgehead atoms. The van der Waals surface area contributed by atoms with E-state index in [0.29, 0.717) is 22.9 Å². The van der Waals surface area contributed by atoms with Crippen LogP contribution in [0, 0.1) is 6.92 Å². The number of rotatable bonds is 7. The van der Waals surface area contributed by atoms with E-state index < -0.39 is 17.9 Å². The van der Waals surface area contributed by atoms with Gasteiger partial charge in [-0.25, -0.2) is 9.59 Å². The number of hydrogen-bond donors (Lipinski definition) is 1. The summed E-state index contributed by atoms with van der Waals surface area (Å²) in [5, 5.41) is 3.01. The van der Waals surface area contributed by atoms with Crippen molar-refractivity contribution in [2.75, 3.05) is 7.11 Å². The average Bonchev–Trinajstić information content (AvgIpc) is 3.39. The molecule has 0 spiro atoms. The second kappa shape index (κ2) is 9.84. The van der Waals surface area contributed by atoms with Gasteiger partial charge in [0.25, 0.3) is 5.91 Å². The summed E-state index contributed by atoms with van der Waals surface area (Å²) in [6.45, 7) is 2.19. The highest BCUT2D eigenvalue weighted by atomic mass is 35.5. The third-order valence-corrected chi connectivity index (χ3v) is 5.35. The van der Waals surface area contributed by atoms with Crippen molar-refractivity contribution in [1.29, 1.82) is 0 Å². The van der Waals surface area contributed by atoms with Crippen molar-refractivity contribution in [3.63, 3.8) is 0 Å². The lowest BCUT2D eigenvalue weighted by atomic mass is 10.1. The van der Waals surface area contributed by atoms with Gasteiger partial charge in [-0.2, -0.15) is 0 Å². The highest BCUT2D eigenvalue weighted by Crippen LogP contribution is 2.27. The van der Waals surface area contributed by atoms with E-state index in [1.165, 1.54) is 25.3 Å². The lowest BCUT2D eigenvalue weighted by Gasteiger charge is -2.11. The number of methoxy groups -OCH3 is 1. The zero-order chi connectivity index (χ0) is 24.2. The molecule has 1 aliphatic heterocycles. The number of imide groups is 1. The van der Waals surface area contributed by atoms with Gasteiger partial charge in [0, 0.05) is 10.6 Å². The number of carbonyl (C=O) groups is 3. The van der Waals surface area contributed by atoms with Crippen molar-refractivity contribution in [2.45, 2.75) is 20.1 Å². The summed E-state index contributed by atoms with van der Waals surface area (Å²) in [5.74, 6) is -0.454. The molecule has 1 N–H and O–H groups in total. The first-order valence-electron chi connectivity index (χ1n) is 10.3. The first kappa shape index (κ1) is 23.1. The quantitative estimate of drug-likeness (QED) is 0.299. The van der Waals surface area contributed by atoms with E-state index in [0.717, 1.165) is 16.0 Å². The van der Waals surface area contributed by atoms with E-state index in [2.05, 4.69) is 10.1 Å². The Morgan fingerprint density at radius 1 is 1.12 bits per heavy atom. The van der Waals surface area contributed by atoms with E-state index in [4.69, 9.17) is 20.8 Å². The molecule has 1 aromatic heterocycles. The molecule has 1 saturated heterocycles. The van der Waals surface area contributed by atoms with E-state index in [1.807, 2.05) is 31.2 Å². The van der Waals surface area contributed by atoms with Crippen molar-refractivity contribution < 1.29 is 28.3 Å². The molecule has 1 aliphatic rings. The summed E-state index contributed by atoms with van der Waals surface area (Å²) in [5.41, 5.74) is 2.74. The SMILES string of the molecule is COC(=O)c1ccc(CN2C(=O)NC(=Cc3cc(Cl)ccc3OCc3ccc(C)cc3)C2=O)o1. The molecule has 0 unspecified atom stereocenters. The van der Waals surface area contributed by atoms with Crippen LogP contribution in [0.1, 0.15) is 33.0 Å². The molecule has 0 aliphatic carbocycles. The van der Waals surface area contributed by atoms with Crippen molar-refractivity contribution >= 4 is 35.6 Å². The van der Waals surface area contributed by atoms with Gasteiger partial charge >= 0.3 is 12.0 Å². The fourth-order valence-corrected chi connectivity index (χ4v) is 3.49. The van der Waals surface area contributed by atoms with Crippen LogP contribution in [0.2, 0.25) is 5.02 Å². The number of amides is 3. The number of hydrogen-bond acceptors (Lipinski definition) is 6. The van der Waals surface area contributed by atoms with Crippen LogP contribution in [0.5, 0.6) is 5.75 Å². The van der Waals surface area contributed by atoms with Gasteiger partial charge < -0.3 is 19.2 Å². The van der Waals surface area contributed by atoms with Crippen LogP contribution >= 0.6 is 11.6 Å². The minimum Gasteiger partial charge on any atom is -0.488 e. The topological polar surface area (TPSA) is 98.1 Å². The summed E-state index contributed by atoms with van der Waals surface area (Å²) in [6.07, 6.45) is 1.51. The molecule has 0 radical (unpaired) electrons. The van der Waals surface area contributed by atoms with Crippen LogP contribution in [0.25, 0.3) is 6.08 Å². The number of benzene rings is 2. The maximum Gasteiger partial charge on any atom is 0.373 e. The third kappa shape index (κ3) is 5.13. The number of carbonyl (C=O) groups excluding carboxylic acids is 3. The number of halogens is 1. The Morgan fingerprint density at radius 3 is 2.62 bits per heavy atom. The van der Waals surface area contributed by atoms with E-state index in [-0.39, 0.29) is 23.8 Å². The first-order valence-corrected chi connectivity index (χ1v) is 10.7. The van der Waals surface area contributed by atoms with Gasteiger partial charge in [-0.1, -0.05) is 41.4 Å².